The molecule has 0 unspecified atom stereocenters. The van der Waals surface area contributed by atoms with Crippen LogP contribution in [0.3, 0.4) is 0 Å². The molecule has 0 aliphatic heterocycles. The molecule has 0 aliphatic rings. The van der Waals surface area contributed by atoms with Gasteiger partial charge in [0, 0.05) is 14.9 Å². The number of carbonyl (C=O) groups excluding carboxylic acids is 1. The minimum Gasteiger partial charge on any atom is -0.298 e. The highest BCUT2D eigenvalue weighted by Crippen LogP contribution is 2.31. The van der Waals surface area contributed by atoms with Gasteiger partial charge in [-0.15, -0.1) is 11.3 Å². The van der Waals surface area contributed by atoms with Crippen LogP contribution in [0.1, 0.15) is 15.2 Å². The number of aryl methyl sites for hydroxylation is 1. The van der Waals surface area contributed by atoms with Gasteiger partial charge in [-0.25, -0.2) is 13.8 Å². The highest BCUT2D eigenvalue weighted by Gasteiger charge is 2.15. The standard InChI is InChI=1S/C17H11BrF2N2OS/c1-9-15(10-2-4-11(19)5-3-10)21-17(24-9)22-16(23)13-7-6-12(20)8-14(13)18/h2-8H,1H3,(H,21,22,23). The van der Waals surface area contributed by atoms with Crippen LogP contribution in [0.15, 0.2) is 46.9 Å². The van der Waals surface area contributed by atoms with Crippen LogP contribution in [0.4, 0.5) is 13.9 Å². The molecule has 3 rings (SSSR count). The molecular weight excluding hydrogens is 398 g/mol. The highest BCUT2D eigenvalue weighted by atomic mass is 79.9. The number of nitrogens with one attached hydrogen (secondary N) is 1. The van der Waals surface area contributed by atoms with E-state index in [0.717, 1.165) is 10.4 Å². The average molecular weight is 409 g/mol. The van der Waals surface area contributed by atoms with E-state index in [1.54, 1.807) is 12.1 Å². The Morgan fingerprint density at radius 2 is 1.79 bits per heavy atom. The maximum atomic E-state index is 13.1. The molecule has 1 heterocycles. The normalized spacial score (nSPS) is 10.7. The number of rotatable bonds is 3. The van der Waals surface area contributed by atoms with Gasteiger partial charge < -0.3 is 0 Å². The third kappa shape index (κ3) is 3.52. The van der Waals surface area contributed by atoms with Crippen molar-refractivity contribution < 1.29 is 13.6 Å². The Labute approximate surface area is 149 Å². The van der Waals surface area contributed by atoms with Crippen molar-refractivity contribution in [2.45, 2.75) is 6.92 Å². The van der Waals surface area contributed by atoms with Gasteiger partial charge in [-0.05, 0) is 65.3 Å². The largest absolute Gasteiger partial charge is 0.298 e. The first-order valence-electron chi connectivity index (χ1n) is 6.94. The number of hydrogen-bond acceptors (Lipinski definition) is 3. The predicted octanol–water partition coefficient (Wildman–Crippen LogP) is 5.41. The Morgan fingerprint density at radius 1 is 1.12 bits per heavy atom. The van der Waals surface area contributed by atoms with Crippen LogP contribution in [-0.4, -0.2) is 10.9 Å². The van der Waals surface area contributed by atoms with E-state index in [4.69, 9.17) is 0 Å². The molecule has 0 bridgehead atoms. The molecule has 0 atom stereocenters. The Kier molecular flexibility index (Phi) is 4.73. The maximum absolute atomic E-state index is 13.1. The van der Waals surface area contributed by atoms with Crippen molar-refractivity contribution in [3.05, 3.63) is 69.0 Å². The van der Waals surface area contributed by atoms with E-state index < -0.39 is 5.82 Å². The molecule has 2 aromatic carbocycles. The Morgan fingerprint density at radius 3 is 2.46 bits per heavy atom. The molecular formula is C17H11BrF2N2OS. The van der Waals surface area contributed by atoms with Crippen molar-refractivity contribution >= 4 is 38.3 Å². The molecule has 1 aromatic heterocycles. The van der Waals surface area contributed by atoms with Crippen LogP contribution in [0.5, 0.6) is 0 Å². The van der Waals surface area contributed by atoms with E-state index in [-0.39, 0.29) is 11.7 Å². The van der Waals surface area contributed by atoms with Crippen LogP contribution in [0.2, 0.25) is 0 Å². The second kappa shape index (κ2) is 6.78. The smallest absolute Gasteiger partial charge is 0.258 e. The zero-order valence-electron chi connectivity index (χ0n) is 12.4. The average Bonchev–Trinajstić information content (AvgIpc) is 2.88. The van der Waals surface area contributed by atoms with E-state index >= 15 is 0 Å². The number of anilines is 1. The van der Waals surface area contributed by atoms with E-state index in [2.05, 4.69) is 26.2 Å². The van der Waals surface area contributed by atoms with Gasteiger partial charge in [-0.3, -0.25) is 10.1 Å². The summed E-state index contributed by atoms with van der Waals surface area (Å²) in [7, 11) is 0. The first-order chi connectivity index (χ1) is 11.4. The zero-order chi connectivity index (χ0) is 17.3. The number of amides is 1. The summed E-state index contributed by atoms with van der Waals surface area (Å²) in [5, 5.41) is 3.13. The van der Waals surface area contributed by atoms with Crippen molar-refractivity contribution in [2.24, 2.45) is 0 Å². The van der Waals surface area contributed by atoms with E-state index in [0.29, 0.717) is 20.9 Å². The first kappa shape index (κ1) is 16.7. The monoisotopic (exact) mass is 408 g/mol. The minimum atomic E-state index is -0.429. The summed E-state index contributed by atoms with van der Waals surface area (Å²) in [5.74, 6) is -1.13. The third-order valence-corrected chi connectivity index (χ3v) is 4.85. The molecule has 0 fully saturated rings. The lowest BCUT2D eigenvalue weighted by Gasteiger charge is -2.04. The lowest BCUT2D eigenvalue weighted by atomic mass is 10.1. The Balaban J connectivity index is 1.85. The molecule has 3 nitrogen and oxygen atoms in total. The van der Waals surface area contributed by atoms with Gasteiger partial charge in [0.2, 0.25) is 0 Å². The lowest BCUT2D eigenvalue weighted by molar-refractivity contribution is 0.102. The molecule has 0 spiro atoms. The fourth-order valence-electron chi connectivity index (χ4n) is 2.16. The SMILES string of the molecule is Cc1sc(NC(=O)c2ccc(F)cc2Br)nc1-c1ccc(F)cc1. The van der Waals surface area contributed by atoms with Gasteiger partial charge in [0.15, 0.2) is 5.13 Å². The molecule has 0 radical (unpaired) electrons. The van der Waals surface area contributed by atoms with Crippen LogP contribution in [0, 0.1) is 18.6 Å². The van der Waals surface area contributed by atoms with Crippen molar-refractivity contribution in [3.63, 3.8) is 0 Å². The van der Waals surface area contributed by atoms with Gasteiger partial charge in [0.25, 0.3) is 5.91 Å². The van der Waals surface area contributed by atoms with Crippen molar-refractivity contribution in [2.75, 3.05) is 5.32 Å². The fraction of sp³-hybridized carbons (Fsp3) is 0.0588. The number of benzene rings is 2. The molecule has 1 amide bonds. The van der Waals surface area contributed by atoms with Crippen molar-refractivity contribution in [1.29, 1.82) is 0 Å². The summed E-state index contributed by atoms with van der Waals surface area (Å²) in [6, 6.07) is 9.85. The number of aromatic nitrogens is 1. The Hall–Kier alpha value is -2.12. The van der Waals surface area contributed by atoms with Crippen LogP contribution in [0.25, 0.3) is 11.3 Å². The summed E-state index contributed by atoms with van der Waals surface area (Å²) < 4.78 is 26.5. The van der Waals surface area contributed by atoms with Gasteiger partial charge >= 0.3 is 0 Å². The second-order valence-corrected chi connectivity index (χ2v) is 7.07. The summed E-state index contributed by atoms with van der Waals surface area (Å²) in [6.07, 6.45) is 0. The number of carbonyl (C=O) groups is 1. The first-order valence-corrected chi connectivity index (χ1v) is 8.55. The molecule has 0 aliphatic carbocycles. The van der Waals surface area contributed by atoms with E-state index in [1.165, 1.54) is 41.7 Å². The topological polar surface area (TPSA) is 42.0 Å². The molecule has 0 saturated carbocycles. The molecule has 0 saturated heterocycles. The number of halogens is 3. The minimum absolute atomic E-state index is 0.313. The highest BCUT2D eigenvalue weighted by molar-refractivity contribution is 9.10. The van der Waals surface area contributed by atoms with Crippen molar-refractivity contribution in [1.82, 2.24) is 4.98 Å². The fourth-order valence-corrected chi connectivity index (χ4v) is 3.53. The summed E-state index contributed by atoms with van der Waals surface area (Å²) in [6.45, 7) is 1.87. The molecule has 7 heteroatoms. The number of nitrogens with zero attached hydrogens (tertiary/aromatic N) is 1. The number of thiazole rings is 1. The second-order valence-electron chi connectivity index (χ2n) is 5.01. The maximum Gasteiger partial charge on any atom is 0.258 e. The predicted molar refractivity (Wildman–Crippen MR) is 94.3 cm³/mol. The summed E-state index contributed by atoms with van der Waals surface area (Å²) in [5.41, 5.74) is 1.77. The van der Waals surface area contributed by atoms with Crippen LogP contribution >= 0.6 is 27.3 Å². The summed E-state index contributed by atoms with van der Waals surface area (Å²) in [4.78, 5) is 17.6. The summed E-state index contributed by atoms with van der Waals surface area (Å²) >= 11 is 4.49. The molecule has 1 N–H and O–H groups in total. The van der Waals surface area contributed by atoms with E-state index in [9.17, 15) is 13.6 Å². The molecule has 24 heavy (non-hydrogen) atoms. The zero-order valence-corrected chi connectivity index (χ0v) is 14.8. The molecule has 3 aromatic rings. The quantitative estimate of drug-likeness (QED) is 0.629. The lowest BCUT2D eigenvalue weighted by Crippen LogP contribution is -2.12. The van der Waals surface area contributed by atoms with Crippen molar-refractivity contribution in [3.8, 4) is 11.3 Å². The van der Waals surface area contributed by atoms with Gasteiger partial charge in [-0.1, -0.05) is 0 Å². The van der Waals surface area contributed by atoms with Gasteiger partial charge in [0.1, 0.15) is 11.6 Å². The number of hydrogen-bond donors (Lipinski definition) is 1. The van der Waals surface area contributed by atoms with Gasteiger partial charge in [0.05, 0.1) is 11.3 Å². The van der Waals surface area contributed by atoms with Crippen LogP contribution < -0.4 is 5.32 Å². The van der Waals surface area contributed by atoms with E-state index in [1.807, 2.05) is 6.92 Å². The third-order valence-electron chi connectivity index (χ3n) is 3.31. The Bertz CT molecular complexity index is 909. The van der Waals surface area contributed by atoms with Crippen LogP contribution in [-0.2, 0) is 0 Å². The van der Waals surface area contributed by atoms with Gasteiger partial charge in [-0.2, -0.15) is 0 Å². The molecule has 122 valence electrons.